The van der Waals surface area contributed by atoms with Crippen LogP contribution in [0.3, 0.4) is 0 Å². The molecule has 0 aliphatic carbocycles. The van der Waals surface area contributed by atoms with Crippen molar-refractivity contribution in [3.63, 3.8) is 0 Å². The van der Waals surface area contributed by atoms with Crippen LogP contribution in [0.5, 0.6) is 0 Å². The Bertz CT molecular complexity index is 647. The van der Waals surface area contributed by atoms with Gasteiger partial charge in [-0.3, -0.25) is 4.79 Å². The largest absolute Gasteiger partial charge is 0.456 e. The molecule has 2 aromatic rings. The Labute approximate surface area is 112 Å². The van der Waals surface area contributed by atoms with Gasteiger partial charge >= 0.3 is 6.18 Å². The van der Waals surface area contributed by atoms with Crippen molar-refractivity contribution in [2.75, 3.05) is 11.1 Å². The van der Waals surface area contributed by atoms with Crippen LogP contribution in [-0.2, 0) is 6.18 Å². The summed E-state index contributed by atoms with van der Waals surface area (Å²) in [5.41, 5.74) is 4.56. The summed E-state index contributed by atoms with van der Waals surface area (Å²) in [4.78, 5) is 11.8. The Morgan fingerprint density at radius 1 is 1.25 bits per heavy atom. The molecule has 0 aliphatic heterocycles. The lowest BCUT2D eigenvalue weighted by molar-refractivity contribution is -0.137. The third kappa shape index (κ3) is 2.93. The number of benzene rings is 1. The number of furan rings is 1. The molecule has 2 rings (SSSR count). The number of alkyl halides is 3. The van der Waals surface area contributed by atoms with Gasteiger partial charge in [0.25, 0.3) is 5.91 Å². The first-order valence-electron chi connectivity index (χ1n) is 5.62. The highest BCUT2D eigenvalue weighted by Crippen LogP contribution is 2.32. The smallest absolute Gasteiger partial charge is 0.416 e. The van der Waals surface area contributed by atoms with Crippen molar-refractivity contribution in [2.45, 2.75) is 13.1 Å². The van der Waals surface area contributed by atoms with Crippen molar-refractivity contribution in [3.8, 4) is 0 Å². The maximum Gasteiger partial charge on any atom is 0.416 e. The number of hydrogen-bond acceptors (Lipinski definition) is 3. The van der Waals surface area contributed by atoms with Gasteiger partial charge in [0.1, 0.15) is 5.76 Å². The molecule has 0 saturated heterocycles. The van der Waals surface area contributed by atoms with Crippen molar-refractivity contribution in [1.29, 1.82) is 0 Å². The van der Waals surface area contributed by atoms with Crippen LogP contribution in [0.2, 0.25) is 0 Å². The van der Waals surface area contributed by atoms with Crippen LogP contribution in [0, 0.1) is 6.92 Å². The molecule has 0 saturated carbocycles. The molecule has 0 aliphatic rings. The van der Waals surface area contributed by atoms with Crippen molar-refractivity contribution < 1.29 is 22.4 Å². The second-order valence-corrected chi connectivity index (χ2v) is 4.16. The maximum absolute atomic E-state index is 12.5. The number of halogens is 3. The summed E-state index contributed by atoms with van der Waals surface area (Å²) in [5.74, 6) is 0.0295. The fraction of sp³-hybridized carbons (Fsp3) is 0.154. The highest BCUT2D eigenvalue weighted by Gasteiger charge is 2.30. The van der Waals surface area contributed by atoms with Gasteiger partial charge in [-0.05, 0) is 37.3 Å². The molecule has 0 fully saturated rings. The van der Waals surface area contributed by atoms with Crippen molar-refractivity contribution in [3.05, 3.63) is 47.4 Å². The fourth-order valence-corrected chi connectivity index (χ4v) is 1.59. The molecule has 0 atom stereocenters. The zero-order valence-corrected chi connectivity index (χ0v) is 10.4. The van der Waals surface area contributed by atoms with Gasteiger partial charge in [0.05, 0.1) is 16.9 Å². The van der Waals surface area contributed by atoms with E-state index in [2.05, 4.69) is 5.32 Å². The lowest BCUT2D eigenvalue weighted by atomic mass is 10.1. The standard InChI is InChI=1S/C13H11F3N2O2/c1-7-2-5-11(20-7)12(19)18-10-4-3-8(6-9(10)17)13(14,15)16/h2-6H,17H2,1H3,(H,18,19). The van der Waals surface area contributed by atoms with Gasteiger partial charge in [-0.15, -0.1) is 0 Å². The first-order valence-corrected chi connectivity index (χ1v) is 5.62. The molecule has 20 heavy (non-hydrogen) atoms. The second-order valence-electron chi connectivity index (χ2n) is 4.16. The molecule has 7 heteroatoms. The molecule has 1 aromatic carbocycles. The van der Waals surface area contributed by atoms with E-state index in [1.54, 1.807) is 13.0 Å². The zero-order chi connectivity index (χ0) is 14.9. The number of anilines is 2. The predicted molar refractivity (Wildman–Crippen MR) is 67.3 cm³/mol. The summed E-state index contributed by atoms with van der Waals surface area (Å²) in [6.07, 6.45) is -4.48. The van der Waals surface area contributed by atoms with Crippen molar-refractivity contribution in [2.24, 2.45) is 0 Å². The normalized spacial score (nSPS) is 11.4. The molecule has 1 heterocycles. The number of hydrogen-bond donors (Lipinski definition) is 2. The van der Waals surface area contributed by atoms with E-state index < -0.39 is 17.6 Å². The summed E-state index contributed by atoms with van der Waals surface area (Å²) < 4.78 is 42.5. The summed E-state index contributed by atoms with van der Waals surface area (Å²) in [6.45, 7) is 1.67. The second kappa shape index (κ2) is 4.92. The van der Waals surface area contributed by atoms with Crippen molar-refractivity contribution in [1.82, 2.24) is 0 Å². The van der Waals surface area contributed by atoms with Crippen molar-refractivity contribution >= 4 is 17.3 Å². The molecule has 1 aromatic heterocycles. The van der Waals surface area contributed by atoms with Gasteiger partial charge in [-0.2, -0.15) is 13.2 Å². The van der Waals surface area contributed by atoms with Crippen LogP contribution < -0.4 is 11.1 Å². The summed E-state index contributed by atoms with van der Waals surface area (Å²) in [6, 6.07) is 5.78. The van der Waals surface area contributed by atoms with Gasteiger partial charge < -0.3 is 15.5 Å². The zero-order valence-electron chi connectivity index (χ0n) is 10.4. The Hall–Kier alpha value is -2.44. The lowest BCUT2D eigenvalue weighted by Crippen LogP contribution is -2.13. The van der Waals surface area contributed by atoms with Gasteiger partial charge in [0.2, 0.25) is 0 Å². The fourth-order valence-electron chi connectivity index (χ4n) is 1.59. The number of carbonyl (C=O) groups excluding carboxylic acids is 1. The molecular formula is C13H11F3N2O2. The SMILES string of the molecule is Cc1ccc(C(=O)Nc2ccc(C(F)(F)F)cc2N)o1. The average Bonchev–Trinajstić information content (AvgIpc) is 2.77. The molecular weight excluding hydrogens is 273 g/mol. The molecule has 106 valence electrons. The van der Waals surface area contributed by atoms with Crippen LogP contribution in [-0.4, -0.2) is 5.91 Å². The molecule has 0 bridgehead atoms. The summed E-state index contributed by atoms with van der Waals surface area (Å²) in [7, 11) is 0. The molecule has 4 nitrogen and oxygen atoms in total. The molecule has 0 unspecified atom stereocenters. The summed E-state index contributed by atoms with van der Waals surface area (Å²) in [5, 5.41) is 2.39. The number of nitrogens with one attached hydrogen (secondary N) is 1. The van der Waals surface area contributed by atoms with Crippen LogP contribution in [0.25, 0.3) is 0 Å². The molecule has 1 amide bonds. The Balaban J connectivity index is 2.20. The first-order chi connectivity index (χ1) is 9.27. The molecule has 0 spiro atoms. The highest BCUT2D eigenvalue weighted by molar-refractivity contribution is 6.03. The first kappa shape index (κ1) is 14.0. The van der Waals surface area contributed by atoms with E-state index in [4.69, 9.17) is 10.2 Å². The van der Waals surface area contributed by atoms with E-state index in [0.29, 0.717) is 5.76 Å². The summed E-state index contributed by atoms with van der Waals surface area (Å²) >= 11 is 0. The van der Waals surface area contributed by atoms with E-state index in [-0.39, 0.29) is 17.1 Å². The van der Waals surface area contributed by atoms with Crippen LogP contribution >= 0.6 is 0 Å². The third-order valence-electron chi connectivity index (χ3n) is 2.59. The maximum atomic E-state index is 12.5. The Morgan fingerprint density at radius 2 is 1.95 bits per heavy atom. The minimum Gasteiger partial charge on any atom is -0.456 e. The van der Waals surface area contributed by atoms with Crippen LogP contribution in [0.15, 0.2) is 34.7 Å². The predicted octanol–water partition coefficient (Wildman–Crippen LogP) is 3.44. The Morgan fingerprint density at radius 3 is 2.45 bits per heavy atom. The Kier molecular flexibility index (Phi) is 3.44. The number of nitrogen functional groups attached to an aromatic ring is 1. The quantitative estimate of drug-likeness (QED) is 0.830. The van der Waals surface area contributed by atoms with Gasteiger partial charge in [0.15, 0.2) is 5.76 Å². The van der Waals surface area contributed by atoms with Gasteiger partial charge in [-0.1, -0.05) is 0 Å². The monoisotopic (exact) mass is 284 g/mol. The average molecular weight is 284 g/mol. The van der Waals surface area contributed by atoms with E-state index in [9.17, 15) is 18.0 Å². The molecule has 0 radical (unpaired) electrons. The highest BCUT2D eigenvalue weighted by atomic mass is 19.4. The van der Waals surface area contributed by atoms with Crippen LogP contribution in [0.4, 0.5) is 24.5 Å². The van der Waals surface area contributed by atoms with Crippen LogP contribution in [0.1, 0.15) is 21.9 Å². The number of aryl methyl sites for hydroxylation is 1. The van der Waals surface area contributed by atoms with E-state index >= 15 is 0 Å². The van der Waals surface area contributed by atoms with Gasteiger partial charge in [0, 0.05) is 0 Å². The minimum absolute atomic E-state index is 0.0572. The number of nitrogens with two attached hydrogens (primary N) is 1. The molecule has 3 N–H and O–H groups in total. The van der Waals surface area contributed by atoms with E-state index in [1.807, 2.05) is 0 Å². The number of carbonyl (C=O) groups is 1. The number of amides is 1. The topological polar surface area (TPSA) is 68.3 Å². The van der Waals surface area contributed by atoms with Gasteiger partial charge in [-0.25, -0.2) is 0 Å². The lowest BCUT2D eigenvalue weighted by Gasteiger charge is -2.11. The third-order valence-corrected chi connectivity index (χ3v) is 2.59. The number of rotatable bonds is 2. The minimum atomic E-state index is -4.48. The van der Waals surface area contributed by atoms with E-state index in [1.165, 1.54) is 6.07 Å². The van der Waals surface area contributed by atoms with E-state index in [0.717, 1.165) is 18.2 Å².